The molecule has 6 nitrogen and oxygen atoms in total. The number of rotatable bonds is 8. The van der Waals surface area contributed by atoms with Gasteiger partial charge < -0.3 is 15.5 Å². The van der Waals surface area contributed by atoms with E-state index in [1.807, 2.05) is 54.6 Å². The summed E-state index contributed by atoms with van der Waals surface area (Å²) in [5.74, 6) is -3.12. The van der Waals surface area contributed by atoms with Crippen LogP contribution in [-0.2, 0) is 20.8 Å². The summed E-state index contributed by atoms with van der Waals surface area (Å²) in [7, 11) is 0. The highest BCUT2D eigenvalue weighted by atomic mass is 16.4. The van der Waals surface area contributed by atoms with Crippen LogP contribution in [0.4, 0.5) is 0 Å². The Labute approximate surface area is 145 Å². The molecule has 0 unspecified atom stereocenters. The van der Waals surface area contributed by atoms with E-state index in [0.717, 1.165) is 16.7 Å². The van der Waals surface area contributed by atoms with Crippen LogP contribution in [0, 0.1) is 0 Å². The average molecular weight is 341 g/mol. The van der Waals surface area contributed by atoms with Crippen molar-refractivity contribution in [2.45, 2.75) is 25.3 Å². The summed E-state index contributed by atoms with van der Waals surface area (Å²) < 4.78 is 0. The third-order valence-corrected chi connectivity index (χ3v) is 3.71. The Balaban J connectivity index is 1.89. The largest absolute Gasteiger partial charge is 0.481 e. The summed E-state index contributed by atoms with van der Waals surface area (Å²) in [6.45, 7) is 0. The van der Waals surface area contributed by atoms with E-state index >= 15 is 0 Å². The number of amides is 1. The van der Waals surface area contributed by atoms with Crippen molar-refractivity contribution in [1.29, 1.82) is 0 Å². The number of benzene rings is 2. The van der Waals surface area contributed by atoms with Gasteiger partial charge in [0.05, 0.1) is 6.42 Å². The molecule has 2 aromatic rings. The maximum atomic E-state index is 11.8. The first-order valence-corrected chi connectivity index (χ1v) is 7.84. The molecule has 0 saturated heterocycles. The van der Waals surface area contributed by atoms with E-state index in [-0.39, 0.29) is 6.42 Å². The van der Waals surface area contributed by atoms with Crippen LogP contribution in [0.15, 0.2) is 54.6 Å². The quantitative estimate of drug-likeness (QED) is 0.684. The first kappa shape index (κ1) is 18.2. The Hall–Kier alpha value is -3.15. The summed E-state index contributed by atoms with van der Waals surface area (Å²) in [5, 5.41) is 19.8. The van der Waals surface area contributed by atoms with Gasteiger partial charge in [-0.2, -0.15) is 0 Å². The van der Waals surface area contributed by atoms with Crippen LogP contribution in [0.1, 0.15) is 18.4 Å². The van der Waals surface area contributed by atoms with Gasteiger partial charge in [-0.3, -0.25) is 9.59 Å². The fraction of sp³-hybridized carbons (Fsp3) is 0.211. The smallest absolute Gasteiger partial charge is 0.326 e. The van der Waals surface area contributed by atoms with Gasteiger partial charge in [0, 0.05) is 6.42 Å². The normalized spacial score (nSPS) is 11.5. The number of aliphatic carboxylic acids is 2. The molecule has 1 atom stereocenters. The van der Waals surface area contributed by atoms with Crippen LogP contribution < -0.4 is 5.32 Å². The molecule has 130 valence electrons. The predicted molar refractivity (Wildman–Crippen MR) is 92.0 cm³/mol. The van der Waals surface area contributed by atoms with Gasteiger partial charge in [-0.1, -0.05) is 54.6 Å². The molecule has 0 aliphatic carbocycles. The third-order valence-electron chi connectivity index (χ3n) is 3.71. The van der Waals surface area contributed by atoms with E-state index in [4.69, 9.17) is 10.2 Å². The van der Waals surface area contributed by atoms with Gasteiger partial charge in [-0.15, -0.1) is 0 Å². The van der Waals surface area contributed by atoms with Gasteiger partial charge in [0.25, 0.3) is 0 Å². The lowest BCUT2D eigenvalue weighted by molar-refractivity contribution is -0.147. The van der Waals surface area contributed by atoms with Crippen molar-refractivity contribution in [3.05, 3.63) is 60.2 Å². The van der Waals surface area contributed by atoms with E-state index in [1.165, 1.54) is 0 Å². The number of carboxylic acids is 2. The van der Waals surface area contributed by atoms with Crippen molar-refractivity contribution in [3.63, 3.8) is 0 Å². The highest BCUT2D eigenvalue weighted by Crippen LogP contribution is 2.19. The Bertz CT molecular complexity index is 740. The summed E-state index contributed by atoms with van der Waals surface area (Å²) in [6, 6.07) is 16.3. The topological polar surface area (TPSA) is 104 Å². The molecule has 0 aliphatic heterocycles. The molecule has 2 rings (SSSR count). The van der Waals surface area contributed by atoms with Gasteiger partial charge in [0.15, 0.2) is 0 Å². The lowest BCUT2D eigenvalue weighted by Crippen LogP contribution is -2.42. The lowest BCUT2D eigenvalue weighted by atomic mass is 10.0. The Morgan fingerprint density at radius 3 is 2.04 bits per heavy atom. The zero-order valence-electron chi connectivity index (χ0n) is 13.5. The Kier molecular flexibility index (Phi) is 6.28. The molecule has 0 aromatic heterocycles. The summed E-state index contributed by atoms with van der Waals surface area (Å²) >= 11 is 0. The molecule has 1 amide bonds. The maximum absolute atomic E-state index is 11.8. The second kappa shape index (κ2) is 8.63. The molecule has 0 bridgehead atoms. The lowest BCUT2D eigenvalue weighted by Gasteiger charge is -2.12. The van der Waals surface area contributed by atoms with E-state index in [0.29, 0.717) is 6.42 Å². The zero-order valence-corrected chi connectivity index (χ0v) is 13.5. The molecule has 0 saturated carbocycles. The third kappa shape index (κ3) is 5.76. The monoisotopic (exact) mass is 341 g/mol. The van der Waals surface area contributed by atoms with Gasteiger partial charge in [-0.25, -0.2) is 4.79 Å². The highest BCUT2D eigenvalue weighted by molar-refractivity contribution is 5.86. The van der Waals surface area contributed by atoms with Crippen LogP contribution in [0.5, 0.6) is 0 Å². The number of carbonyl (C=O) groups is 3. The highest BCUT2D eigenvalue weighted by Gasteiger charge is 2.22. The summed E-state index contributed by atoms with van der Waals surface area (Å²) in [6.07, 6.45) is -0.110. The Morgan fingerprint density at radius 2 is 1.48 bits per heavy atom. The molecule has 0 radical (unpaired) electrons. The number of carbonyl (C=O) groups excluding carboxylic acids is 1. The molecular weight excluding hydrogens is 322 g/mol. The minimum absolute atomic E-state index is 0.0914. The molecular formula is C19H19NO5. The second-order valence-electron chi connectivity index (χ2n) is 5.62. The molecule has 3 N–H and O–H groups in total. The van der Waals surface area contributed by atoms with Gasteiger partial charge in [0.2, 0.25) is 5.91 Å². The van der Waals surface area contributed by atoms with E-state index in [9.17, 15) is 14.4 Å². The number of aryl methyl sites for hydroxylation is 1. The minimum Gasteiger partial charge on any atom is -0.481 e. The second-order valence-corrected chi connectivity index (χ2v) is 5.62. The minimum atomic E-state index is -1.41. The van der Waals surface area contributed by atoms with Crippen LogP contribution in [-0.4, -0.2) is 34.1 Å². The first-order chi connectivity index (χ1) is 12.0. The van der Waals surface area contributed by atoms with Gasteiger partial charge >= 0.3 is 11.9 Å². The summed E-state index contributed by atoms with van der Waals surface area (Å²) in [5.41, 5.74) is 3.12. The maximum Gasteiger partial charge on any atom is 0.326 e. The molecule has 0 aliphatic rings. The number of nitrogens with one attached hydrogen (secondary N) is 1. The van der Waals surface area contributed by atoms with Crippen LogP contribution in [0.3, 0.4) is 0 Å². The zero-order chi connectivity index (χ0) is 18.2. The van der Waals surface area contributed by atoms with Crippen molar-refractivity contribution >= 4 is 17.8 Å². The molecule has 6 heteroatoms. The van der Waals surface area contributed by atoms with Crippen LogP contribution >= 0.6 is 0 Å². The van der Waals surface area contributed by atoms with Crippen molar-refractivity contribution in [2.24, 2.45) is 0 Å². The number of hydrogen-bond acceptors (Lipinski definition) is 3. The number of hydrogen-bond donors (Lipinski definition) is 3. The van der Waals surface area contributed by atoms with E-state index in [1.54, 1.807) is 0 Å². The van der Waals surface area contributed by atoms with E-state index in [2.05, 4.69) is 5.32 Å². The molecule has 0 spiro atoms. The SMILES string of the molecule is O=C(O)C[C@H](NC(=O)CCc1ccc(-c2ccccc2)cc1)C(=O)O. The fourth-order valence-electron chi connectivity index (χ4n) is 2.39. The number of carboxylic acid groups (broad SMARTS) is 2. The Morgan fingerprint density at radius 1 is 0.880 bits per heavy atom. The van der Waals surface area contributed by atoms with E-state index < -0.39 is 30.3 Å². The standard InChI is InChI=1S/C19H19NO5/c21-17(20-16(19(24)25)12-18(22)23)11-8-13-6-9-15(10-7-13)14-4-2-1-3-5-14/h1-7,9-10,16H,8,11-12H2,(H,20,21)(H,22,23)(H,24,25)/t16-/m0/s1. The first-order valence-electron chi connectivity index (χ1n) is 7.84. The average Bonchev–Trinajstić information content (AvgIpc) is 2.60. The summed E-state index contributed by atoms with van der Waals surface area (Å²) in [4.78, 5) is 33.4. The van der Waals surface area contributed by atoms with Crippen LogP contribution in [0.25, 0.3) is 11.1 Å². The van der Waals surface area contributed by atoms with Crippen molar-refractivity contribution < 1.29 is 24.6 Å². The van der Waals surface area contributed by atoms with Crippen molar-refractivity contribution in [2.75, 3.05) is 0 Å². The van der Waals surface area contributed by atoms with Gasteiger partial charge in [-0.05, 0) is 23.1 Å². The predicted octanol–water partition coefficient (Wildman–Crippen LogP) is 2.33. The molecule has 0 heterocycles. The van der Waals surface area contributed by atoms with Crippen molar-refractivity contribution in [3.8, 4) is 11.1 Å². The van der Waals surface area contributed by atoms with Gasteiger partial charge in [0.1, 0.15) is 6.04 Å². The van der Waals surface area contributed by atoms with Crippen LogP contribution in [0.2, 0.25) is 0 Å². The van der Waals surface area contributed by atoms with Crippen molar-refractivity contribution in [1.82, 2.24) is 5.32 Å². The molecule has 2 aromatic carbocycles. The molecule has 25 heavy (non-hydrogen) atoms. The fourth-order valence-corrected chi connectivity index (χ4v) is 2.39. The molecule has 0 fully saturated rings.